The molecule has 0 rings (SSSR count). The zero-order chi connectivity index (χ0) is 13.3. The van der Waals surface area contributed by atoms with E-state index in [4.69, 9.17) is 0 Å². The summed E-state index contributed by atoms with van der Waals surface area (Å²) >= 11 is 0. The van der Waals surface area contributed by atoms with Crippen molar-refractivity contribution in [2.75, 3.05) is 6.54 Å². The highest BCUT2D eigenvalue weighted by atomic mass is 16.1. The van der Waals surface area contributed by atoms with Crippen LogP contribution in [0.15, 0.2) is 4.99 Å². The lowest BCUT2D eigenvalue weighted by molar-refractivity contribution is 0.539. The van der Waals surface area contributed by atoms with Crippen LogP contribution in [0, 0.1) is 0 Å². The van der Waals surface area contributed by atoms with Gasteiger partial charge in [0, 0.05) is 0 Å². The molecule has 0 aromatic rings. The van der Waals surface area contributed by atoms with E-state index in [0.717, 1.165) is 6.42 Å². The first kappa shape index (κ1) is 17.4. The van der Waals surface area contributed by atoms with Gasteiger partial charge in [0.1, 0.15) is 0 Å². The van der Waals surface area contributed by atoms with Crippen LogP contribution in [0.4, 0.5) is 0 Å². The summed E-state index contributed by atoms with van der Waals surface area (Å²) in [5.74, 6) is 0. The molecule has 0 amide bonds. The van der Waals surface area contributed by atoms with Gasteiger partial charge >= 0.3 is 0 Å². The number of hydrogen-bond acceptors (Lipinski definition) is 2. The first-order chi connectivity index (χ1) is 8.91. The zero-order valence-electron chi connectivity index (χ0n) is 12.3. The Morgan fingerprint density at radius 3 is 1.44 bits per heavy atom. The van der Waals surface area contributed by atoms with Crippen molar-refractivity contribution < 1.29 is 4.79 Å². The molecule has 0 bridgehead atoms. The summed E-state index contributed by atoms with van der Waals surface area (Å²) in [5, 5.41) is 0. The highest BCUT2D eigenvalue weighted by Gasteiger charge is 1.93. The van der Waals surface area contributed by atoms with Crippen molar-refractivity contribution >= 4 is 6.08 Å². The number of unbranched alkanes of at least 4 members (excludes halogenated alkanes) is 12. The maximum absolute atomic E-state index is 9.83. The van der Waals surface area contributed by atoms with Crippen molar-refractivity contribution in [1.29, 1.82) is 0 Å². The van der Waals surface area contributed by atoms with E-state index in [1.807, 2.05) is 0 Å². The molecule has 0 saturated heterocycles. The van der Waals surface area contributed by atoms with Gasteiger partial charge in [-0.1, -0.05) is 84.0 Å². The zero-order valence-corrected chi connectivity index (χ0v) is 12.3. The first-order valence-electron chi connectivity index (χ1n) is 7.95. The molecule has 18 heavy (non-hydrogen) atoms. The molecule has 0 aliphatic rings. The number of nitrogens with zero attached hydrogens (tertiary/aromatic N) is 1. The Balaban J connectivity index is 2.92. The molecular formula is C16H31NO. The summed E-state index contributed by atoms with van der Waals surface area (Å²) in [6.45, 7) is 2.94. The minimum atomic E-state index is 0.668. The Bertz CT molecular complexity index is 197. The molecule has 0 radical (unpaired) electrons. The van der Waals surface area contributed by atoms with Crippen molar-refractivity contribution in [3.63, 3.8) is 0 Å². The molecule has 0 aliphatic carbocycles. The summed E-state index contributed by atoms with van der Waals surface area (Å²) in [4.78, 5) is 13.4. The third-order valence-corrected chi connectivity index (χ3v) is 3.44. The molecule has 0 spiro atoms. The van der Waals surface area contributed by atoms with E-state index in [1.165, 1.54) is 77.0 Å². The molecule has 0 N–H and O–H groups in total. The Morgan fingerprint density at radius 1 is 0.667 bits per heavy atom. The van der Waals surface area contributed by atoms with Crippen LogP contribution in [-0.4, -0.2) is 12.6 Å². The number of rotatable bonds is 14. The summed E-state index contributed by atoms with van der Waals surface area (Å²) in [5.41, 5.74) is 0. The van der Waals surface area contributed by atoms with Gasteiger partial charge in [-0.3, -0.25) is 0 Å². The Kier molecular flexibility index (Phi) is 15.8. The van der Waals surface area contributed by atoms with E-state index in [0.29, 0.717) is 6.54 Å². The third-order valence-electron chi connectivity index (χ3n) is 3.44. The van der Waals surface area contributed by atoms with Crippen LogP contribution in [0.3, 0.4) is 0 Å². The van der Waals surface area contributed by atoms with E-state index in [1.54, 1.807) is 6.08 Å². The molecule has 0 aromatic heterocycles. The minimum absolute atomic E-state index is 0.668. The first-order valence-corrected chi connectivity index (χ1v) is 7.95. The van der Waals surface area contributed by atoms with Gasteiger partial charge in [0.15, 0.2) is 0 Å². The van der Waals surface area contributed by atoms with Crippen LogP contribution in [0.5, 0.6) is 0 Å². The minimum Gasteiger partial charge on any atom is -0.211 e. The lowest BCUT2D eigenvalue weighted by Crippen LogP contribution is -1.84. The van der Waals surface area contributed by atoms with Gasteiger partial charge in [-0.15, -0.1) is 0 Å². The van der Waals surface area contributed by atoms with Crippen molar-refractivity contribution in [3.8, 4) is 0 Å². The largest absolute Gasteiger partial charge is 0.234 e. The third kappa shape index (κ3) is 15.4. The molecule has 0 aliphatic heterocycles. The van der Waals surface area contributed by atoms with Crippen molar-refractivity contribution in [2.24, 2.45) is 4.99 Å². The number of carbonyl (C=O) groups excluding carboxylic acids is 1. The summed E-state index contributed by atoms with van der Waals surface area (Å²) in [6.07, 6.45) is 19.2. The Hall–Kier alpha value is -0.620. The fraction of sp³-hybridized carbons (Fsp3) is 0.938. The molecule has 2 heteroatoms. The van der Waals surface area contributed by atoms with E-state index in [9.17, 15) is 4.79 Å². The second-order valence-corrected chi connectivity index (χ2v) is 5.22. The summed E-state index contributed by atoms with van der Waals surface area (Å²) < 4.78 is 0. The highest BCUT2D eigenvalue weighted by molar-refractivity contribution is 5.32. The van der Waals surface area contributed by atoms with Crippen LogP contribution >= 0.6 is 0 Å². The standard InChI is InChI=1S/C16H31NO/c1-2-3-4-5-6-7-8-9-10-11-12-13-14-15-17-16-18/h2-15H2,1H3. The molecule has 2 nitrogen and oxygen atoms in total. The smallest absolute Gasteiger partial charge is 0.211 e. The van der Waals surface area contributed by atoms with Crippen molar-refractivity contribution in [1.82, 2.24) is 0 Å². The average Bonchev–Trinajstić information content (AvgIpc) is 2.39. The predicted octanol–water partition coefficient (Wildman–Crippen LogP) is 5.41. The average molecular weight is 253 g/mol. The molecule has 0 heterocycles. The second kappa shape index (κ2) is 16.4. The monoisotopic (exact) mass is 253 g/mol. The summed E-state index contributed by atoms with van der Waals surface area (Å²) in [6, 6.07) is 0. The number of isocyanates is 1. The van der Waals surface area contributed by atoms with E-state index in [-0.39, 0.29) is 0 Å². The second-order valence-electron chi connectivity index (χ2n) is 5.22. The van der Waals surface area contributed by atoms with Crippen LogP contribution in [-0.2, 0) is 4.79 Å². The molecule has 106 valence electrons. The van der Waals surface area contributed by atoms with Gasteiger partial charge in [0.2, 0.25) is 6.08 Å². The van der Waals surface area contributed by atoms with Gasteiger partial charge in [-0.05, 0) is 6.42 Å². The van der Waals surface area contributed by atoms with E-state index < -0.39 is 0 Å². The highest BCUT2D eigenvalue weighted by Crippen LogP contribution is 2.12. The predicted molar refractivity (Wildman–Crippen MR) is 78.7 cm³/mol. The number of hydrogen-bond donors (Lipinski definition) is 0. The Morgan fingerprint density at radius 2 is 1.06 bits per heavy atom. The summed E-state index contributed by atoms with van der Waals surface area (Å²) in [7, 11) is 0. The maximum Gasteiger partial charge on any atom is 0.234 e. The van der Waals surface area contributed by atoms with E-state index >= 15 is 0 Å². The molecule has 0 aromatic carbocycles. The van der Waals surface area contributed by atoms with Gasteiger partial charge in [0.05, 0.1) is 6.54 Å². The van der Waals surface area contributed by atoms with Gasteiger partial charge in [0.25, 0.3) is 0 Å². The van der Waals surface area contributed by atoms with Crippen LogP contribution < -0.4 is 0 Å². The van der Waals surface area contributed by atoms with Gasteiger partial charge < -0.3 is 0 Å². The van der Waals surface area contributed by atoms with Gasteiger partial charge in [-0.25, -0.2) is 9.79 Å². The van der Waals surface area contributed by atoms with E-state index in [2.05, 4.69) is 11.9 Å². The molecule has 0 unspecified atom stereocenters. The van der Waals surface area contributed by atoms with Crippen LogP contribution in [0.25, 0.3) is 0 Å². The lowest BCUT2D eigenvalue weighted by Gasteiger charge is -2.02. The SMILES string of the molecule is CCCCCCCCCCCCCCCN=C=O. The topological polar surface area (TPSA) is 29.4 Å². The Labute approximate surface area is 113 Å². The van der Waals surface area contributed by atoms with Crippen LogP contribution in [0.2, 0.25) is 0 Å². The van der Waals surface area contributed by atoms with Crippen LogP contribution in [0.1, 0.15) is 90.4 Å². The maximum atomic E-state index is 9.83. The van der Waals surface area contributed by atoms with Gasteiger partial charge in [-0.2, -0.15) is 0 Å². The molecule has 0 atom stereocenters. The van der Waals surface area contributed by atoms with Crippen molar-refractivity contribution in [2.45, 2.75) is 90.4 Å². The molecule has 0 saturated carbocycles. The molecular weight excluding hydrogens is 222 g/mol. The fourth-order valence-electron chi connectivity index (χ4n) is 2.25. The lowest BCUT2D eigenvalue weighted by atomic mass is 10.0. The molecule has 0 fully saturated rings. The fourth-order valence-corrected chi connectivity index (χ4v) is 2.25. The quantitative estimate of drug-likeness (QED) is 0.231. The number of aliphatic imine (C=N–C) groups is 1. The normalized spacial score (nSPS) is 10.3. The van der Waals surface area contributed by atoms with Crippen molar-refractivity contribution in [3.05, 3.63) is 0 Å².